The Labute approximate surface area is 90.9 Å². The van der Waals surface area contributed by atoms with Gasteiger partial charge in [-0.15, -0.1) is 0 Å². The molecular formula is C11H17ClN2. The predicted molar refractivity (Wildman–Crippen MR) is 60.5 cm³/mol. The SMILES string of the molecule is CCCCN(C)Cc1ccc(Cl)nc1. The van der Waals surface area contributed by atoms with Crippen LogP contribution in [0.4, 0.5) is 0 Å². The van der Waals surface area contributed by atoms with Gasteiger partial charge >= 0.3 is 0 Å². The molecule has 0 spiro atoms. The van der Waals surface area contributed by atoms with Crippen molar-refractivity contribution in [2.75, 3.05) is 13.6 Å². The van der Waals surface area contributed by atoms with Crippen molar-refractivity contribution in [3.05, 3.63) is 29.0 Å². The molecule has 0 fully saturated rings. The molecule has 0 saturated heterocycles. The summed E-state index contributed by atoms with van der Waals surface area (Å²) in [6, 6.07) is 3.86. The molecule has 0 unspecified atom stereocenters. The van der Waals surface area contributed by atoms with Gasteiger partial charge in [-0.2, -0.15) is 0 Å². The molecule has 0 N–H and O–H groups in total. The largest absolute Gasteiger partial charge is 0.302 e. The van der Waals surface area contributed by atoms with Gasteiger partial charge in [0.05, 0.1) is 0 Å². The Hall–Kier alpha value is -0.600. The molecule has 0 radical (unpaired) electrons. The van der Waals surface area contributed by atoms with Crippen LogP contribution in [0.1, 0.15) is 25.3 Å². The minimum atomic E-state index is 0.560. The van der Waals surface area contributed by atoms with E-state index in [0.717, 1.165) is 13.1 Å². The Kier molecular flexibility index (Phi) is 4.91. The molecule has 3 heteroatoms. The van der Waals surface area contributed by atoms with Crippen molar-refractivity contribution in [2.24, 2.45) is 0 Å². The van der Waals surface area contributed by atoms with Crippen molar-refractivity contribution in [2.45, 2.75) is 26.3 Å². The number of nitrogens with zero attached hydrogens (tertiary/aromatic N) is 2. The maximum Gasteiger partial charge on any atom is 0.129 e. The van der Waals surface area contributed by atoms with Crippen molar-refractivity contribution < 1.29 is 0 Å². The number of hydrogen-bond acceptors (Lipinski definition) is 2. The quantitative estimate of drug-likeness (QED) is 0.698. The summed E-state index contributed by atoms with van der Waals surface area (Å²) in [6.45, 7) is 4.29. The van der Waals surface area contributed by atoms with Crippen LogP contribution in [-0.2, 0) is 6.54 Å². The molecule has 0 aliphatic rings. The fourth-order valence-corrected chi connectivity index (χ4v) is 1.43. The minimum Gasteiger partial charge on any atom is -0.302 e. The minimum absolute atomic E-state index is 0.560. The highest BCUT2D eigenvalue weighted by molar-refractivity contribution is 6.29. The number of pyridine rings is 1. The lowest BCUT2D eigenvalue weighted by Crippen LogP contribution is -2.18. The fourth-order valence-electron chi connectivity index (χ4n) is 1.32. The van der Waals surface area contributed by atoms with Crippen LogP contribution in [0.5, 0.6) is 0 Å². The monoisotopic (exact) mass is 212 g/mol. The van der Waals surface area contributed by atoms with Crippen molar-refractivity contribution >= 4 is 11.6 Å². The van der Waals surface area contributed by atoms with Crippen molar-refractivity contribution in [1.29, 1.82) is 0 Å². The molecule has 78 valence electrons. The molecule has 0 aromatic carbocycles. The third-order valence-electron chi connectivity index (χ3n) is 2.13. The van der Waals surface area contributed by atoms with Crippen molar-refractivity contribution in [3.63, 3.8) is 0 Å². The van der Waals surface area contributed by atoms with Gasteiger partial charge in [0.15, 0.2) is 0 Å². The van der Waals surface area contributed by atoms with Crippen LogP contribution in [0.15, 0.2) is 18.3 Å². The normalized spacial score (nSPS) is 10.9. The molecule has 0 aliphatic heterocycles. The summed E-state index contributed by atoms with van der Waals surface area (Å²) >= 11 is 5.71. The van der Waals surface area contributed by atoms with Crippen LogP contribution in [0, 0.1) is 0 Å². The van der Waals surface area contributed by atoms with Crippen LogP contribution in [0.2, 0.25) is 5.15 Å². The summed E-state index contributed by atoms with van der Waals surface area (Å²) < 4.78 is 0. The van der Waals surface area contributed by atoms with E-state index in [2.05, 4.69) is 23.9 Å². The molecule has 2 nitrogen and oxygen atoms in total. The van der Waals surface area contributed by atoms with E-state index in [1.807, 2.05) is 18.3 Å². The molecule has 1 aromatic rings. The first-order valence-corrected chi connectivity index (χ1v) is 5.39. The van der Waals surface area contributed by atoms with Crippen molar-refractivity contribution in [3.8, 4) is 0 Å². The molecule has 14 heavy (non-hydrogen) atoms. The zero-order valence-electron chi connectivity index (χ0n) is 8.83. The molecule has 1 rings (SSSR count). The predicted octanol–water partition coefficient (Wildman–Crippen LogP) is 2.97. The Morgan fingerprint density at radius 3 is 2.79 bits per heavy atom. The smallest absolute Gasteiger partial charge is 0.129 e. The number of hydrogen-bond donors (Lipinski definition) is 0. The number of unbranched alkanes of at least 4 members (excludes halogenated alkanes) is 1. The van der Waals surface area contributed by atoms with E-state index < -0.39 is 0 Å². The Balaban J connectivity index is 2.39. The molecule has 0 aliphatic carbocycles. The highest BCUT2D eigenvalue weighted by atomic mass is 35.5. The third-order valence-corrected chi connectivity index (χ3v) is 2.36. The number of rotatable bonds is 5. The van der Waals surface area contributed by atoms with Gasteiger partial charge in [-0.05, 0) is 31.6 Å². The standard InChI is InChI=1S/C11H17ClN2/c1-3-4-7-14(2)9-10-5-6-11(12)13-8-10/h5-6,8H,3-4,7,9H2,1-2H3. The van der Waals surface area contributed by atoms with Crippen LogP contribution in [0.3, 0.4) is 0 Å². The molecule has 0 saturated carbocycles. The van der Waals surface area contributed by atoms with Gasteiger partial charge in [0.2, 0.25) is 0 Å². The summed E-state index contributed by atoms with van der Waals surface area (Å²) in [5.41, 5.74) is 1.22. The Morgan fingerprint density at radius 1 is 1.43 bits per heavy atom. The summed E-state index contributed by atoms with van der Waals surface area (Å²) in [5.74, 6) is 0. The average molecular weight is 213 g/mol. The summed E-state index contributed by atoms with van der Waals surface area (Å²) in [5, 5.41) is 0.560. The summed E-state index contributed by atoms with van der Waals surface area (Å²) in [6.07, 6.45) is 4.32. The van der Waals surface area contributed by atoms with Gasteiger partial charge in [0.1, 0.15) is 5.15 Å². The highest BCUT2D eigenvalue weighted by Gasteiger charge is 1.99. The Morgan fingerprint density at radius 2 is 2.21 bits per heavy atom. The molecule has 1 heterocycles. The van der Waals surface area contributed by atoms with E-state index in [-0.39, 0.29) is 0 Å². The van der Waals surface area contributed by atoms with E-state index in [9.17, 15) is 0 Å². The molecule has 0 atom stereocenters. The van der Waals surface area contributed by atoms with E-state index in [1.54, 1.807) is 0 Å². The average Bonchev–Trinajstić information content (AvgIpc) is 2.18. The molecular weight excluding hydrogens is 196 g/mol. The van der Waals surface area contributed by atoms with E-state index in [4.69, 9.17) is 11.6 Å². The maximum absolute atomic E-state index is 5.71. The van der Waals surface area contributed by atoms with Crippen LogP contribution in [-0.4, -0.2) is 23.5 Å². The lowest BCUT2D eigenvalue weighted by atomic mass is 10.2. The zero-order chi connectivity index (χ0) is 10.4. The Bertz CT molecular complexity index is 258. The topological polar surface area (TPSA) is 16.1 Å². The number of halogens is 1. The van der Waals surface area contributed by atoms with Crippen LogP contribution < -0.4 is 0 Å². The van der Waals surface area contributed by atoms with E-state index in [0.29, 0.717) is 5.15 Å². The molecule has 0 bridgehead atoms. The van der Waals surface area contributed by atoms with Gasteiger partial charge < -0.3 is 4.90 Å². The van der Waals surface area contributed by atoms with Crippen molar-refractivity contribution in [1.82, 2.24) is 9.88 Å². The van der Waals surface area contributed by atoms with Crippen LogP contribution in [0.25, 0.3) is 0 Å². The van der Waals surface area contributed by atoms with Gasteiger partial charge in [-0.25, -0.2) is 4.98 Å². The summed E-state index contributed by atoms with van der Waals surface area (Å²) in [4.78, 5) is 6.35. The molecule has 0 amide bonds. The third kappa shape index (κ3) is 4.07. The highest BCUT2D eigenvalue weighted by Crippen LogP contribution is 2.07. The zero-order valence-corrected chi connectivity index (χ0v) is 9.59. The number of aromatic nitrogens is 1. The van der Waals surface area contributed by atoms with Crippen LogP contribution >= 0.6 is 11.6 Å². The van der Waals surface area contributed by atoms with E-state index >= 15 is 0 Å². The molecule has 1 aromatic heterocycles. The first-order valence-electron chi connectivity index (χ1n) is 5.01. The van der Waals surface area contributed by atoms with E-state index in [1.165, 1.54) is 18.4 Å². The lowest BCUT2D eigenvalue weighted by Gasteiger charge is -2.15. The first kappa shape index (κ1) is 11.5. The first-order chi connectivity index (χ1) is 6.72. The lowest BCUT2D eigenvalue weighted by molar-refractivity contribution is 0.320. The fraction of sp³-hybridized carbons (Fsp3) is 0.545. The van der Waals surface area contributed by atoms with Gasteiger partial charge in [-0.3, -0.25) is 0 Å². The van der Waals surface area contributed by atoms with Gasteiger partial charge in [-0.1, -0.05) is 31.0 Å². The van der Waals surface area contributed by atoms with Gasteiger partial charge in [0.25, 0.3) is 0 Å². The second-order valence-corrected chi connectivity index (χ2v) is 3.97. The second-order valence-electron chi connectivity index (χ2n) is 3.58. The second kappa shape index (κ2) is 5.99. The van der Waals surface area contributed by atoms with Gasteiger partial charge in [0, 0.05) is 12.7 Å². The maximum atomic E-state index is 5.71. The summed E-state index contributed by atoms with van der Waals surface area (Å²) in [7, 11) is 2.13.